The molecule has 1 fully saturated rings. The maximum Gasteiger partial charge on any atom is 0.0827 e. The van der Waals surface area contributed by atoms with Gasteiger partial charge in [0.2, 0.25) is 0 Å². The average Bonchev–Trinajstić information content (AvgIpc) is 2.36. The summed E-state index contributed by atoms with van der Waals surface area (Å²) in [4.78, 5) is 2.42. The van der Waals surface area contributed by atoms with Gasteiger partial charge in [0, 0.05) is 38.7 Å². The van der Waals surface area contributed by atoms with Crippen LogP contribution in [-0.2, 0) is 9.47 Å². The van der Waals surface area contributed by atoms with E-state index in [1.807, 2.05) is 0 Å². The number of rotatable bonds is 9. The highest BCUT2D eigenvalue weighted by Crippen LogP contribution is 2.04. The molecule has 5 heteroatoms. The molecule has 0 unspecified atom stereocenters. The zero-order valence-corrected chi connectivity index (χ0v) is 12.6. The molecule has 0 saturated carbocycles. The van der Waals surface area contributed by atoms with Crippen LogP contribution in [-0.4, -0.2) is 62.9 Å². The summed E-state index contributed by atoms with van der Waals surface area (Å²) in [6, 6.07) is 0. The van der Waals surface area contributed by atoms with Crippen LogP contribution in [0, 0.1) is 5.92 Å². The van der Waals surface area contributed by atoms with Gasteiger partial charge in [0.05, 0.1) is 19.3 Å². The summed E-state index contributed by atoms with van der Waals surface area (Å²) >= 11 is 4.14. The van der Waals surface area contributed by atoms with E-state index in [0.29, 0.717) is 12.0 Å². The first kappa shape index (κ1) is 16.2. The molecular weight excluding hydrogens is 248 g/mol. The third-order valence-electron chi connectivity index (χ3n) is 3.10. The second-order valence-corrected chi connectivity index (χ2v) is 5.52. The number of hydrogen-bond acceptors (Lipinski definition) is 5. The van der Waals surface area contributed by atoms with E-state index in [4.69, 9.17) is 9.47 Å². The Morgan fingerprint density at radius 1 is 1.44 bits per heavy atom. The van der Waals surface area contributed by atoms with Crippen LogP contribution in [0.2, 0.25) is 0 Å². The molecule has 0 spiro atoms. The Kier molecular flexibility index (Phi) is 9.06. The molecule has 1 N–H and O–H groups in total. The first-order valence-corrected chi connectivity index (χ1v) is 7.59. The molecule has 1 aliphatic rings. The molecule has 0 aliphatic carbocycles. The van der Waals surface area contributed by atoms with Gasteiger partial charge >= 0.3 is 0 Å². The summed E-state index contributed by atoms with van der Waals surface area (Å²) in [7, 11) is 0. The standard InChI is InChI=1S/C13H28N2O2S/c1-12(2)3-6-16-7-4-15-5-8-17-13(10-15)9-14-11-18/h12-14,18H,3-11H2,1-2H3/t13-/m0/s1. The molecule has 0 aromatic heterocycles. The van der Waals surface area contributed by atoms with Gasteiger partial charge in [-0.15, -0.1) is 0 Å². The molecule has 1 aliphatic heterocycles. The van der Waals surface area contributed by atoms with E-state index in [1.165, 1.54) is 0 Å². The molecule has 0 aromatic carbocycles. The molecule has 1 heterocycles. The van der Waals surface area contributed by atoms with Crippen molar-refractivity contribution < 1.29 is 9.47 Å². The minimum absolute atomic E-state index is 0.293. The third-order valence-corrected chi connectivity index (χ3v) is 3.32. The Balaban J connectivity index is 2.03. The molecular formula is C13H28N2O2S. The average molecular weight is 276 g/mol. The van der Waals surface area contributed by atoms with Gasteiger partial charge in [-0.3, -0.25) is 4.90 Å². The lowest BCUT2D eigenvalue weighted by molar-refractivity contribution is -0.0346. The zero-order valence-electron chi connectivity index (χ0n) is 11.7. The Bertz CT molecular complexity index is 205. The molecule has 1 saturated heterocycles. The van der Waals surface area contributed by atoms with E-state index in [2.05, 4.69) is 36.7 Å². The molecule has 0 bridgehead atoms. The van der Waals surface area contributed by atoms with E-state index in [0.717, 1.165) is 58.3 Å². The first-order chi connectivity index (χ1) is 8.72. The van der Waals surface area contributed by atoms with Gasteiger partial charge in [-0.25, -0.2) is 0 Å². The number of morpholine rings is 1. The molecule has 108 valence electrons. The van der Waals surface area contributed by atoms with Crippen molar-refractivity contribution in [2.24, 2.45) is 5.92 Å². The molecule has 4 nitrogen and oxygen atoms in total. The van der Waals surface area contributed by atoms with E-state index in [9.17, 15) is 0 Å². The zero-order chi connectivity index (χ0) is 13.2. The second kappa shape index (κ2) is 10.0. The fourth-order valence-corrected chi connectivity index (χ4v) is 2.08. The van der Waals surface area contributed by atoms with Crippen molar-refractivity contribution in [3.05, 3.63) is 0 Å². The van der Waals surface area contributed by atoms with Gasteiger partial charge in [-0.05, 0) is 12.3 Å². The molecule has 1 atom stereocenters. The summed E-state index contributed by atoms with van der Waals surface area (Å²) in [5, 5.41) is 3.21. The van der Waals surface area contributed by atoms with Crippen LogP contribution in [0.15, 0.2) is 0 Å². The largest absolute Gasteiger partial charge is 0.380 e. The molecule has 1 rings (SSSR count). The van der Waals surface area contributed by atoms with Gasteiger partial charge in [-0.2, -0.15) is 12.6 Å². The van der Waals surface area contributed by atoms with Crippen LogP contribution in [0.3, 0.4) is 0 Å². The number of ether oxygens (including phenoxy) is 2. The number of nitrogens with one attached hydrogen (secondary N) is 1. The predicted octanol–water partition coefficient (Wildman–Crippen LogP) is 1.23. The van der Waals surface area contributed by atoms with Crippen molar-refractivity contribution in [2.45, 2.75) is 26.4 Å². The third kappa shape index (κ3) is 7.59. The Labute approximate surface area is 117 Å². The minimum atomic E-state index is 0.293. The summed E-state index contributed by atoms with van der Waals surface area (Å²) in [6.45, 7) is 10.9. The van der Waals surface area contributed by atoms with Crippen LogP contribution >= 0.6 is 12.6 Å². The van der Waals surface area contributed by atoms with Gasteiger partial charge in [0.25, 0.3) is 0 Å². The monoisotopic (exact) mass is 276 g/mol. The van der Waals surface area contributed by atoms with Crippen molar-refractivity contribution >= 4 is 12.6 Å². The van der Waals surface area contributed by atoms with Crippen LogP contribution in [0.25, 0.3) is 0 Å². The maximum absolute atomic E-state index is 5.69. The summed E-state index contributed by atoms with van der Waals surface area (Å²) in [6.07, 6.45) is 1.44. The number of hydrogen-bond donors (Lipinski definition) is 2. The Hall–Kier alpha value is 0.190. The van der Waals surface area contributed by atoms with Crippen molar-refractivity contribution in [1.29, 1.82) is 0 Å². The van der Waals surface area contributed by atoms with Crippen molar-refractivity contribution in [3.63, 3.8) is 0 Å². The Morgan fingerprint density at radius 2 is 2.28 bits per heavy atom. The van der Waals surface area contributed by atoms with E-state index in [-0.39, 0.29) is 0 Å². The topological polar surface area (TPSA) is 33.7 Å². The van der Waals surface area contributed by atoms with E-state index < -0.39 is 0 Å². The summed E-state index contributed by atoms with van der Waals surface area (Å²) in [5.74, 6) is 1.43. The Morgan fingerprint density at radius 3 is 3.00 bits per heavy atom. The lowest BCUT2D eigenvalue weighted by atomic mass is 10.1. The molecule has 0 amide bonds. The number of thiol groups is 1. The highest BCUT2D eigenvalue weighted by molar-refractivity contribution is 7.80. The fraction of sp³-hybridized carbons (Fsp3) is 1.00. The van der Waals surface area contributed by atoms with Gasteiger partial charge in [0.15, 0.2) is 0 Å². The quantitative estimate of drug-likeness (QED) is 0.377. The molecule has 0 aromatic rings. The SMILES string of the molecule is CC(C)CCOCCN1CCO[C@@H](CNCS)C1. The second-order valence-electron chi connectivity index (χ2n) is 5.20. The van der Waals surface area contributed by atoms with E-state index >= 15 is 0 Å². The van der Waals surface area contributed by atoms with Gasteiger partial charge in [-0.1, -0.05) is 13.8 Å². The van der Waals surface area contributed by atoms with Crippen LogP contribution < -0.4 is 5.32 Å². The predicted molar refractivity (Wildman–Crippen MR) is 78.3 cm³/mol. The molecule has 0 radical (unpaired) electrons. The lowest BCUT2D eigenvalue weighted by Crippen LogP contribution is -2.47. The van der Waals surface area contributed by atoms with Gasteiger partial charge in [0.1, 0.15) is 0 Å². The van der Waals surface area contributed by atoms with Crippen molar-refractivity contribution in [3.8, 4) is 0 Å². The highest BCUT2D eigenvalue weighted by Gasteiger charge is 2.19. The smallest absolute Gasteiger partial charge is 0.0827 e. The minimum Gasteiger partial charge on any atom is -0.380 e. The van der Waals surface area contributed by atoms with Crippen LogP contribution in [0.1, 0.15) is 20.3 Å². The maximum atomic E-state index is 5.69. The van der Waals surface area contributed by atoms with Crippen molar-refractivity contribution in [2.75, 3.05) is 51.9 Å². The fourth-order valence-electron chi connectivity index (χ4n) is 1.95. The number of nitrogens with zero attached hydrogens (tertiary/aromatic N) is 1. The van der Waals surface area contributed by atoms with E-state index in [1.54, 1.807) is 0 Å². The summed E-state index contributed by atoms with van der Waals surface area (Å²) in [5.41, 5.74) is 0. The van der Waals surface area contributed by atoms with Gasteiger partial charge < -0.3 is 14.8 Å². The normalized spacial score (nSPS) is 21.7. The first-order valence-electron chi connectivity index (χ1n) is 6.95. The van der Waals surface area contributed by atoms with Crippen molar-refractivity contribution in [1.82, 2.24) is 10.2 Å². The highest BCUT2D eigenvalue weighted by atomic mass is 32.1. The lowest BCUT2D eigenvalue weighted by Gasteiger charge is -2.32. The van der Waals surface area contributed by atoms with Crippen LogP contribution in [0.4, 0.5) is 0 Å². The molecule has 18 heavy (non-hydrogen) atoms. The van der Waals surface area contributed by atoms with Crippen LogP contribution in [0.5, 0.6) is 0 Å². The summed E-state index contributed by atoms with van der Waals surface area (Å²) < 4.78 is 11.3.